The van der Waals surface area contributed by atoms with Crippen molar-refractivity contribution in [3.8, 4) is 0 Å². The summed E-state index contributed by atoms with van der Waals surface area (Å²) in [6.07, 6.45) is 3.16. The number of rotatable bonds is 7. The van der Waals surface area contributed by atoms with E-state index in [1.807, 2.05) is 48.5 Å². The molecule has 0 atom stereocenters. The van der Waals surface area contributed by atoms with Crippen LogP contribution in [-0.4, -0.2) is 14.9 Å². The Hall–Kier alpha value is -3.48. The van der Waals surface area contributed by atoms with Crippen molar-refractivity contribution in [1.82, 2.24) is 9.97 Å². The Labute approximate surface area is 157 Å². The zero-order valence-corrected chi connectivity index (χ0v) is 15.3. The summed E-state index contributed by atoms with van der Waals surface area (Å²) in [5.41, 5.74) is 3.64. The first-order chi connectivity index (χ1) is 13.1. The fourth-order valence-electron chi connectivity index (χ4n) is 2.66. The average molecular weight is 363 g/mol. The van der Waals surface area contributed by atoms with Gasteiger partial charge in [0.05, 0.1) is 4.92 Å². The van der Waals surface area contributed by atoms with Gasteiger partial charge < -0.3 is 10.6 Å². The molecule has 3 aromatic rings. The Kier molecular flexibility index (Phi) is 5.61. The van der Waals surface area contributed by atoms with Gasteiger partial charge in [0.25, 0.3) is 0 Å². The van der Waals surface area contributed by atoms with Gasteiger partial charge in [-0.25, -0.2) is 9.97 Å². The minimum Gasteiger partial charge on any atom is -0.334 e. The smallest absolute Gasteiger partial charge is 0.334 e. The molecule has 138 valence electrons. The van der Waals surface area contributed by atoms with E-state index >= 15 is 0 Å². The highest BCUT2D eigenvalue weighted by atomic mass is 16.6. The molecule has 0 saturated heterocycles. The third kappa shape index (κ3) is 4.38. The molecule has 0 aliphatic heterocycles. The second kappa shape index (κ2) is 8.27. The molecule has 0 spiro atoms. The van der Waals surface area contributed by atoms with Gasteiger partial charge in [-0.2, -0.15) is 0 Å². The van der Waals surface area contributed by atoms with Crippen molar-refractivity contribution in [1.29, 1.82) is 0 Å². The van der Waals surface area contributed by atoms with E-state index in [0.717, 1.165) is 24.2 Å². The van der Waals surface area contributed by atoms with E-state index in [4.69, 9.17) is 0 Å². The van der Waals surface area contributed by atoms with Crippen LogP contribution in [0.15, 0.2) is 54.9 Å². The standard InChI is InChI=1S/C20H21N5O2/c1-3-14-5-9-16(10-6-14)23-19-18(25(26)27)20(22-13-21-19)24-17-11-7-15(4-2)8-12-17/h5-13H,3-4H2,1-2H3,(H2,21,22,23,24). The van der Waals surface area contributed by atoms with Crippen molar-refractivity contribution in [2.75, 3.05) is 10.6 Å². The first-order valence-corrected chi connectivity index (χ1v) is 8.82. The number of benzene rings is 2. The number of aromatic nitrogens is 2. The molecule has 0 radical (unpaired) electrons. The predicted octanol–water partition coefficient (Wildman–Crippen LogP) is 5.00. The molecule has 0 bridgehead atoms. The molecule has 0 unspecified atom stereocenters. The van der Waals surface area contributed by atoms with Gasteiger partial charge in [-0.3, -0.25) is 10.1 Å². The largest absolute Gasteiger partial charge is 0.353 e. The molecule has 0 aliphatic carbocycles. The molecule has 2 aromatic carbocycles. The summed E-state index contributed by atoms with van der Waals surface area (Å²) in [6.45, 7) is 4.14. The van der Waals surface area contributed by atoms with E-state index in [-0.39, 0.29) is 17.3 Å². The molecule has 27 heavy (non-hydrogen) atoms. The molecular formula is C20H21N5O2. The number of anilines is 4. The van der Waals surface area contributed by atoms with Gasteiger partial charge >= 0.3 is 5.69 Å². The topological polar surface area (TPSA) is 93.0 Å². The number of hydrogen-bond donors (Lipinski definition) is 2. The van der Waals surface area contributed by atoms with E-state index in [0.29, 0.717) is 0 Å². The van der Waals surface area contributed by atoms with Crippen LogP contribution in [0.25, 0.3) is 0 Å². The fraction of sp³-hybridized carbons (Fsp3) is 0.200. The van der Waals surface area contributed by atoms with Crippen LogP contribution in [0.1, 0.15) is 25.0 Å². The normalized spacial score (nSPS) is 10.4. The molecule has 2 N–H and O–H groups in total. The number of nitrogens with zero attached hydrogens (tertiary/aromatic N) is 3. The summed E-state index contributed by atoms with van der Waals surface area (Å²) in [5, 5.41) is 17.7. The average Bonchev–Trinajstić information content (AvgIpc) is 2.69. The second-order valence-electron chi connectivity index (χ2n) is 6.03. The van der Waals surface area contributed by atoms with Crippen LogP contribution in [-0.2, 0) is 12.8 Å². The van der Waals surface area contributed by atoms with Crippen LogP contribution >= 0.6 is 0 Å². The van der Waals surface area contributed by atoms with Gasteiger partial charge in [-0.1, -0.05) is 38.1 Å². The number of nitrogens with one attached hydrogen (secondary N) is 2. The van der Waals surface area contributed by atoms with Crippen LogP contribution in [0.3, 0.4) is 0 Å². The van der Waals surface area contributed by atoms with Crippen molar-refractivity contribution >= 4 is 28.7 Å². The SMILES string of the molecule is CCc1ccc(Nc2ncnc(Nc3ccc(CC)cc3)c2[N+](=O)[O-])cc1. The summed E-state index contributed by atoms with van der Waals surface area (Å²) in [6, 6.07) is 15.4. The third-order valence-corrected chi connectivity index (χ3v) is 4.25. The van der Waals surface area contributed by atoms with Crippen LogP contribution in [0.4, 0.5) is 28.7 Å². The van der Waals surface area contributed by atoms with Crippen LogP contribution in [0, 0.1) is 10.1 Å². The van der Waals surface area contributed by atoms with Gasteiger partial charge in [0.2, 0.25) is 11.6 Å². The van der Waals surface area contributed by atoms with Crippen molar-refractivity contribution in [3.63, 3.8) is 0 Å². The molecule has 0 aliphatic rings. The lowest BCUT2D eigenvalue weighted by Gasteiger charge is -2.11. The lowest BCUT2D eigenvalue weighted by atomic mass is 10.1. The quantitative estimate of drug-likeness (QED) is 0.453. The van der Waals surface area contributed by atoms with E-state index in [9.17, 15) is 10.1 Å². The molecule has 7 nitrogen and oxygen atoms in total. The first-order valence-electron chi connectivity index (χ1n) is 8.82. The summed E-state index contributed by atoms with van der Waals surface area (Å²) in [7, 11) is 0. The monoisotopic (exact) mass is 363 g/mol. The van der Waals surface area contributed by atoms with Crippen LogP contribution < -0.4 is 10.6 Å². The van der Waals surface area contributed by atoms with E-state index in [1.165, 1.54) is 17.5 Å². The van der Waals surface area contributed by atoms with Gasteiger partial charge in [0.1, 0.15) is 6.33 Å². The van der Waals surface area contributed by atoms with E-state index in [1.54, 1.807) is 0 Å². The molecule has 1 heterocycles. The second-order valence-corrected chi connectivity index (χ2v) is 6.03. The Morgan fingerprint density at radius 1 is 0.815 bits per heavy atom. The Morgan fingerprint density at radius 2 is 1.22 bits per heavy atom. The summed E-state index contributed by atoms with van der Waals surface area (Å²) < 4.78 is 0. The Bertz CT molecular complexity index is 856. The summed E-state index contributed by atoms with van der Waals surface area (Å²) >= 11 is 0. The number of hydrogen-bond acceptors (Lipinski definition) is 6. The maximum absolute atomic E-state index is 11.7. The van der Waals surface area contributed by atoms with Crippen molar-refractivity contribution in [3.05, 3.63) is 76.1 Å². The van der Waals surface area contributed by atoms with Gasteiger partial charge in [0.15, 0.2) is 0 Å². The highest BCUT2D eigenvalue weighted by Crippen LogP contribution is 2.33. The zero-order chi connectivity index (χ0) is 19.2. The zero-order valence-electron chi connectivity index (χ0n) is 15.3. The molecule has 3 rings (SSSR count). The molecule has 1 aromatic heterocycles. The van der Waals surface area contributed by atoms with E-state index in [2.05, 4.69) is 34.4 Å². The Balaban J connectivity index is 1.90. The van der Waals surface area contributed by atoms with Crippen molar-refractivity contribution in [2.45, 2.75) is 26.7 Å². The molecule has 7 heteroatoms. The number of aryl methyl sites for hydroxylation is 2. The van der Waals surface area contributed by atoms with Gasteiger partial charge in [-0.15, -0.1) is 0 Å². The Morgan fingerprint density at radius 3 is 1.56 bits per heavy atom. The lowest BCUT2D eigenvalue weighted by molar-refractivity contribution is -0.383. The minimum absolute atomic E-state index is 0.145. The molecule has 0 amide bonds. The van der Waals surface area contributed by atoms with Crippen LogP contribution in [0.2, 0.25) is 0 Å². The van der Waals surface area contributed by atoms with Gasteiger partial charge in [0, 0.05) is 11.4 Å². The maximum Gasteiger partial charge on any atom is 0.353 e. The summed E-state index contributed by atoms with van der Waals surface area (Å²) in [5.74, 6) is 0.291. The predicted molar refractivity (Wildman–Crippen MR) is 107 cm³/mol. The highest BCUT2D eigenvalue weighted by Gasteiger charge is 2.23. The first kappa shape index (κ1) is 18.3. The summed E-state index contributed by atoms with van der Waals surface area (Å²) in [4.78, 5) is 19.3. The van der Waals surface area contributed by atoms with E-state index < -0.39 is 4.92 Å². The fourth-order valence-corrected chi connectivity index (χ4v) is 2.66. The van der Waals surface area contributed by atoms with Crippen molar-refractivity contribution in [2.24, 2.45) is 0 Å². The molecule has 0 fully saturated rings. The number of nitro groups is 1. The minimum atomic E-state index is -0.481. The van der Waals surface area contributed by atoms with Crippen molar-refractivity contribution < 1.29 is 4.92 Å². The molecular weight excluding hydrogens is 342 g/mol. The maximum atomic E-state index is 11.7. The molecule has 0 saturated carbocycles. The van der Waals surface area contributed by atoms with Crippen LogP contribution in [0.5, 0.6) is 0 Å². The van der Waals surface area contributed by atoms with Gasteiger partial charge in [-0.05, 0) is 48.2 Å². The third-order valence-electron chi connectivity index (χ3n) is 4.25. The lowest BCUT2D eigenvalue weighted by Crippen LogP contribution is -2.05. The highest BCUT2D eigenvalue weighted by molar-refractivity contribution is 5.76.